The number of benzene rings is 1. The first-order valence-corrected chi connectivity index (χ1v) is 6.79. The van der Waals surface area contributed by atoms with Crippen LogP contribution in [-0.4, -0.2) is 25.6 Å². The molecule has 4 N–H and O–H groups in total. The molecule has 0 unspecified atom stereocenters. The van der Waals surface area contributed by atoms with Crippen molar-refractivity contribution in [1.82, 2.24) is 5.32 Å². The number of anilines is 2. The molecule has 0 saturated heterocycles. The summed E-state index contributed by atoms with van der Waals surface area (Å²) in [5, 5.41) is 5.87. The molecule has 1 rings (SSSR count). The van der Waals surface area contributed by atoms with Crippen molar-refractivity contribution < 1.29 is 9.53 Å². The normalized spacial score (nSPS) is 11.3. The number of nitrogens with two attached hydrogens (primary N) is 1. The molecular formula is C15H25N3O2. The molecule has 0 aliphatic heterocycles. The molecule has 1 amide bonds. The highest BCUT2D eigenvalue weighted by Crippen LogP contribution is 2.31. The van der Waals surface area contributed by atoms with Crippen LogP contribution in [0.15, 0.2) is 18.2 Å². The summed E-state index contributed by atoms with van der Waals surface area (Å²) in [5.74, 6) is 0.640. The Morgan fingerprint density at radius 2 is 2.05 bits per heavy atom. The minimum atomic E-state index is -0.518. The van der Waals surface area contributed by atoms with Gasteiger partial charge in [-0.05, 0) is 39.8 Å². The van der Waals surface area contributed by atoms with Crippen molar-refractivity contribution in [2.45, 2.75) is 33.8 Å². The summed E-state index contributed by atoms with van der Waals surface area (Å²) < 4.78 is 5.64. The summed E-state index contributed by atoms with van der Waals surface area (Å²) in [4.78, 5) is 11.7. The van der Waals surface area contributed by atoms with E-state index in [0.29, 0.717) is 18.0 Å². The van der Waals surface area contributed by atoms with Crippen molar-refractivity contribution in [1.29, 1.82) is 0 Å². The summed E-state index contributed by atoms with van der Waals surface area (Å²) in [6, 6.07) is 5.59. The van der Waals surface area contributed by atoms with Crippen LogP contribution in [0.4, 0.5) is 11.4 Å². The summed E-state index contributed by atoms with van der Waals surface area (Å²) in [6.07, 6.45) is 0.0647. The van der Waals surface area contributed by atoms with Gasteiger partial charge in [0.05, 0.1) is 22.9 Å². The van der Waals surface area contributed by atoms with Gasteiger partial charge in [-0.15, -0.1) is 0 Å². The van der Waals surface area contributed by atoms with E-state index < -0.39 is 5.41 Å². The van der Waals surface area contributed by atoms with Crippen LogP contribution in [0.1, 0.15) is 27.7 Å². The van der Waals surface area contributed by atoms with E-state index in [2.05, 4.69) is 10.6 Å². The van der Waals surface area contributed by atoms with Gasteiger partial charge in [0.1, 0.15) is 5.75 Å². The predicted octanol–water partition coefficient (Wildman–Crippen LogP) is 2.24. The molecule has 0 fully saturated rings. The Bertz CT molecular complexity index is 470. The molecule has 5 nitrogen and oxygen atoms in total. The first-order chi connectivity index (χ1) is 9.27. The predicted molar refractivity (Wildman–Crippen MR) is 83.0 cm³/mol. The van der Waals surface area contributed by atoms with Crippen LogP contribution in [0.25, 0.3) is 0 Å². The molecule has 0 spiro atoms. The van der Waals surface area contributed by atoms with Crippen LogP contribution in [-0.2, 0) is 4.79 Å². The van der Waals surface area contributed by atoms with Crippen molar-refractivity contribution in [3.05, 3.63) is 18.2 Å². The molecule has 0 atom stereocenters. The Kier molecular flexibility index (Phi) is 5.25. The maximum absolute atomic E-state index is 11.7. The molecule has 0 aliphatic carbocycles. The number of nitrogen functional groups attached to an aromatic ring is 1. The van der Waals surface area contributed by atoms with Crippen LogP contribution >= 0.6 is 0 Å². The number of carbonyl (C=O) groups is 1. The largest absolute Gasteiger partial charge is 0.489 e. The van der Waals surface area contributed by atoms with Gasteiger partial charge in [0.15, 0.2) is 0 Å². The maximum atomic E-state index is 11.7. The topological polar surface area (TPSA) is 76.4 Å². The van der Waals surface area contributed by atoms with E-state index in [9.17, 15) is 4.79 Å². The minimum absolute atomic E-state index is 0.0156. The number of nitrogens with one attached hydrogen (secondary N) is 2. The van der Waals surface area contributed by atoms with E-state index in [0.717, 1.165) is 5.69 Å². The van der Waals surface area contributed by atoms with Crippen molar-refractivity contribution >= 4 is 17.3 Å². The Labute approximate surface area is 120 Å². The molecule has 0 saturated carbocycles. The lowest BCUT2D eigenvalue weighted by Crippen LogP contribution is -2.39. The first-order valence-electron chi connectivity index (χ1n) is 6.79. The molecule has 0 heterocycles. The van der Waals surface area contributed by atoms with Gasteiger partial charge in [0.25, 0.3) is 0 Å². The van der Waals surface area contributed by atoms with Gasteiger partial charge in [0.2, 0.25) is 5.91 Å². The lowest BCUT2D eigenvalue weighted by Gasteiger charge is -2.24. The molecule has 0 bridgehead atoms. The Balaban J connectivity index is 2.81. The summed E-state index contributed by atoms with van der Waals surface area (Å²) >= 11 is 0. The van der Waals surface area contributed by atoms with Crippen LogP contribution < -0.4 is 21.1 Å². The number of carbonyl (C=O) groups excluding carboxylic acids is 1. The lowest BCUT2D eigenvalue weighted by atomic mass is 9.92. The molecule has 0 aromatic heterocycles. The van der Waals surface area contributed by atoms with E-state index in [1.807, 2.05) is 45.9 Å². The number of amides is 1. The number of rotatable bonds is 6. The lowest BCUT2D eigenvalue weighted by molar-refractivity contribution is -0.128. The zero-order chi connectivity index (χ0) is 15.3. The van der Waals surface area contributed by atoms with Gasteiger partial charge in [-0.3, -0.25) is 4.79 Å². The highest BCUT2D eigenvalue weighted by molar-refractivity contribution is 5.82. The Morgan fingerprint density at radius 3 is 2.60 bits per heavy atom. The van der Waals surface area contributed by atoms with E-state index >= 15 is 0 Å². The van der Waals surface area contributed by atoms with E-state index in [1.165, 1.54) is 0 Å². The molecule has 1 aromatic rings. The van der Waals surface area contributed by atoms with Crippen molar-refractivity contribution in [2.24, 2.45) is 5.41 Å². The van der Waals surface area contributed by atoms with Crippen LogP contribution in [0.3, 0.4) is 0 Å². The van der Waals surface area contributed by atoms with Gasteiger partial charge in [-0.2, -0.15) is 0 Å². The molecule has 112 valence electrons. The fourth-order valence-corrected chi connectivity index (χ4v) is 1.79. The summed E-state index contributed by atoms with van der Waals surface area (Å²) in [5.41, 5.74) is 6.91. The van der Waals surface area contributed by atoms with Crippen molar-refractivity contribution in [3.63, 3.8) is 0 Å². The van der Waals surface area contributed by atoms with Gasteiger partial charge in [-0.1, -0.05) is 6.07 Å². The molecule has 0 aliphatic rings. The number of hydrogen-bond acceptors (Lipinski definition) is 4. The maximum Gasteiger partial charge on any atom is 0.227 e. The van der Waals surface area contributed by atoms with Gasteiger partial charge in [0, 0.05) is 13.6 Å². The number of hydrogen-bond donors (Lipinski definition) is 3. The van der Waals surface area contributed by atoms with Crippen LogP contribution in [0.5, 0.6) is 5.75 Å². The zero-order valence-corrected chi connectivity index (χ0v) is 12.9. The van der Waals surface area contributed by atoms with E-state index in [-0.39, 0.29) is 12.0 Å². The fraction of sp³-hybridized carbons (Fsp3) is 0.533. The second-order valence-corrected chi connectivity index (χ2v) is 5.70. The van der Waals surface area contributed by atoms with Crippen LogP contribution in [0, 0.1) is 5.41 Å². The van der Waals surface area contributed by atoms with Crippen LogP contribution in [0.2, 0.25) is 0 Å². The summed E-state index contributed by atoms with van der Waals surface area (Å²) in [7, 11) is 1.63. The Hall–Kier alpha value is -1.91. The zero-order valence-electron chi connectivity index (χ0n) is 12.9. The Morgan fingerprint density at radius 1 is 1.40 bits per heavy atom. The van der Waals surface area contributed by atoms with Crippen molar-refractivity contribution in [3.8, 4) is 5.75 Å². The molecule has 0 radical (unpaired) electrons. The molecule has 20 heavy (non-hydrogen) atoms. The third kappa shape index (κ3) is 4.05. The highest BCUT2D eigenvalue weighted by atomic mass is 16.5. The third-order valence-corrected chi connectivity index (χ3v) is 2.99. The number of para-hydroxylation sites is 1. The molecular weight excluding hydrogens is 254 g/mol. The van der Waals surface area contributed by atoms with Gasteiger partial charge < -0.3 is 21.1 Å². The van der Waals surface area contributed by atoms with Crippen molar-refractivity contribution in [2.75, 3.05) is 24.6 Å². The average Bonchev–Trinajstić information content (AvgIpc) is 2.38. The fourth-order valence-electron chi connectivity index (χ4n) is 1.79. The number of ether oxygens (including phenoxy) is 1. The van der Waals surface area contributed by atoms with E-state index in [4.69, 9.17) is 10.5 Å². The third-order valence-electron chi connectivity index (χ3n) is 2.99. The van der Waals surface area contributed by atoms with Gasteiger partial charge >= 0.3 is 0 Å². The smallest absolute Gasteiger partial charge is 0.227 e. The molecule has 5 heteroatoms. The first kappa shape index (κ1) is 16.1. The van der Waals surface area contributed by atoms with E-state index in [1.54, 1.807) is 7.05 Å². The SMILES string of the molecule is CNC(=O)C(C)(C)CNc1cccc(OC(C)C)c1N. The summed E-state index contributed by atoms with van der Waals surface area (Å²) in [6.45, 7) is 8.15. The highest BCUT2D eigenvalue weighted by Gasteiger charge is 2.26. The second kappa shape index (κ2) is 6.50. The minimum Gasteiger partial charge on any atom is -0.489 e. The standard InChI is InChI=1S/C15H25N3O2/c1-10(2)20-12-8-6-7-11(13(12)16)18-9-15(3,4)14(19)17-5/h6-8,10,18H,9,16H2,1-5H3,(H,17,19). The second-order valence-electron chi connectivity index (χ2n) is 5.70. The molecule has 1 aromatic carbocycles. The average molecular weight is 279 g/mol. The quantitative estimate of drug-likeness (QED) is 0.698. The monoisotopic (exact) mass is 279 g/mol. The van der Waals surface area contributed by atoms with Gasteiger partial charge in [-0.25, -0.2) is 0 Å².